The molecule has 2 heteroatoms. The van der Waals surface area contributed by atoms with Gasteiger partial charge in [-0.25, -0.2) is 0 Å². The van der Waals surface area contributed by atoms with Gasteiger partial charge in [0.15, 0.2) is 0 Å². The highest BCUT2D eigenvalue weighted by atomic mass is 15.1. The minimum atomic E-state index is 0.646. The summed E-state index contributed by atoms with van der Waals surface area (Å²) in [7, 11) is 4.34. The molecule has 1 aliphatic carbocycles. The van der Waals surface area contributed by atoms with Crippen molar-refractivity contribution >= 4 is 0 Å². The van der Waals surface area contributed by atoms with Gasteiger partial charge in [-0.05, 0) is 51.6 Å². The monoisotopic (exact) mass is 240 g/mol. The normalized spacial score (nSPS) is 27.7. The molecule has 1 unspecified atom stereocenters. The Bertz CT molecular complexity index is 193. The van der Waals surface area contributed by atoms with Gasteiger partial charge in [-0.2, -0.15) is 0 Å². The van der Waals surface area contributed by atoms with Gasteiger partial charge in [0.1, 0.15) is 0 Å². The Hall–Kier alpha value is -0.0800. The fourth-order valence-electron chi connectivity index (χ4n) is 2.89. The number of hydrogen-bond donors (Lipinski definition) is 1. The third kappa shape index (κ3) is 5.39. The van der Waals surface area contributed by atoms with Gasteiger partial charge in [-0.1, -0.05) is 27.2 Å². The van der Waals surface area contributed by atoms with Crippen LogP contribution in [0.1, 0.15) is 52.9 Å². The van der Waals surface area contributed by atoms with Crippen LogP contribution in [0.4, 0.5) is 0 Å². The van der Waals surface area contributed by atoms with Crippen molar-refractivity contribution < 1.29 is 0 Å². The van der Waals surface area contributed by atoms with Crippen LogP contribution in [0.15, 0.2) is 0 Å². The van der Waals surface area contributed by atoms with Crippen molar-refractivity contribution in [2.24, 2.45) is 11.8 Å². The molecule has 1 atom stereocenters. The summed E-state index contributed by atoms with van der Waals surface area (Å²) in [5.74, 6) is 1.72. The summed E-state index contributed by atoms with van der Waals surface area (Å²) in [4.78, 5) is 2.30. The van der Waals surface area contributed by atoms with Gasteiger partial charge in [0.2, 0.25) is 0 Å². The maximum Gasteiger partial charge on any atom is 0.0220 e. The highest BCUT2D eigenvalue weighted by molar-refractivity contribution is 4.82. The van der Waals surface area contributed by atoms with Crippen LogP contribution in [0, 0.1) is 11.8 Å². The lowest BCUT2D eigenvalue weighted by Gasteiger charge is -2.34. The van der Waals surface area contributed by atoms with Gasteiger partial charge in [-0.3, -0.25) is 0 Å². The van der Waals surface area contributed by atoms with Gasteiger partial charge in [0.05, 0.1) is 0 Å². The molecule has 0 aromatic rings. The van der Waals surface area contributed by atoms with Crippen LogP contribution >= 0.6 is 0 Å². The second-order valence-corrected chi connectivity index (χ2v) is 6.41. The minimum Gasteiger partial charge on any atom is -0.310 e. The van der Waals surface area contributed by atoms with Crippen LogP contribution < -0.4 is 5.32 Å². The lowest BCUT2D eigenvalue weighted by atomic mass is 9.84. The number of rotatable bonds is 6. The molecular formula is C15H32N2. The van der Waals surface area contributed by atoms with E-state index in [4.69, 9.17) is 0 Å². The van der Waals surface area contributed by atoms with Crippen molar-refractivity contribution in [3.63, 3.8) is 0 Å². The molecule has 0 bridgehead atoms. The molecule has 102 valence electrons. The van der Waals surface area contributed by atoms with Crippen molar-refractivity contribution in [3.05, 3.63) is 0 Å². The maximum atomic E-state index is 3.89. The molecule has 17 heavy (non-hydrogen) atoms. The Morgan fingerprint density at radius 2 is 1.71 bits per heavy atom. The van der Waals surface area contributed by atoms with Crippen LogP contribution in [0.2, 0.25) is 0 Å². The molecule has 0 radical (unpaired) electrons. The maximum absolute atomic E-state index is 3.89. The fraction of sp³-hybridized carbons (Fsp3) is 1.00. The van der Waals surface area contributed by atoms with E-state index in [1.165, 1.54) is 32.1 Å². The van der Waals surface area contributed by atoms with E-state index in [1.54, 1.807) is 0 Å². The average Bonchev–Trinajstić information content (AvgIpc) is 2.28. The lowest BCUT2D eigenvalue weighted by Crippen LogP contribution is -2.48. The predicted molar refractivity (Wildman–Crippen MR) is 76.4 cm³/mol. The van der Waals surface area contributed by atoms with Gasteiger partial charge < -0.3 is 10.2 Å². The van der Waals surface area contributed by atoms with Gasteiger partial charge in [0, 0.05) is 18.6 Å². The molecule has 0 aliphatic heterocycles. The van der Waals surface area contributed by atoms with E-state index in [0.717, 1.165) is 24.4 Å². The molecule has 1 N–H and O–H groups in total. The van der Waals surface area contributed by atoms with Crippen LogP contribution in [-0.2, 0) is 0 Å². The smallest absolute Gasteiger partial charge is 0.0220 e. The highest BCUT2D eigenvalue weighted by Crippen LogP contribution is 2.27. The van der Waals surface area contributed by atoms with E-state index in [2.05, 4.69) is 45.1 Å². The molecule has 1 aliphatic rings. The van der Waals surface area contributed by atoms with Gasteiger partial charge in [0.25, 0.3) is 0 Å². The molecule has 0 aromatic carbocycles. The summed E-state index contributed by atoms with van der Waals surface area (Å²) >= 11 is 0. The summed E-state index contributed by atoms with van der Waals surface area (Å²) in [6.07, 6.45) is 7.00. The SMILES string of the molecule is CCC1CCC(NC(CN(C)C)C(C)C)CC1. The largest absolute Gasteiger partial charge is 0.310 e. The average molecular weight is 240 g/mol. The van der Waals surface area contributed by atoms with E-state index in [1.807, 2.05) is 0 Å². The van der Waals surface area contributed by atoms with Crippen molar-refractivity contribution in [2.45, 2.75) is 65.0 Å². The number of nitrogens with zero attached hydrogens (tertiary/aromatic N) is 1. The quantitative estimate of drug-likeness (QED) is 0.767. The van der Waals surface area contributed by atoms with Gasteiger partial charge in [-0.15, -0.1) is 0 Å². The molecule has 0 heterocycles. The first-order valence-electron chi connectivity index (χ1n) is 7.43. The summed E-state index contributed by atoms with van der Waals surface area (Å²) in [5, 5.41) is 3.89. The van der Waals surface area contributed by atoms with E-state index >= 15 is 0 Å². The van der Waals surface area contributed by atoms with Crippen molar-refractivity contribution in [2.75, 3.05) is 20.6 Å². The third-order valence-corrected chi connectivity index (χ3v) is 4.24. The Balaban J connectivity index is 2.35. The molecule has 0 saturated heterocycles. The van der Waals surface area contributed by atoms with Crippen molar-refractivity contribution in [3.8, 4) is 0 Å². The minimum absolute atomic E-state index is 0.646. The van der Waals surface area contributed by atoms with Crippen LogP contribution in [-0.4, -0.2) is 37.6 Å². The number of hydrogen-bond acceptors (Lipinski definition) is 2. The first-order valence-corrected chi connectivity index (χ1v) is 7.43. The van der Waals surface area contributed by atoms with Gasteiger partial charge >= 0.3 is 0 Å². The summed E-state index contributed by atoms with van der Waals surface area (Å²) < 4.78 is 0. The van der Waals surface area contributed by atoms with E-state index in [0.29, 0.717) is 6.04 Å². The Kier molecular flexibility index (Phi) is 6.50. The van der Waals surface area contributed by atoms with Crippen LogP contribution in [0.25, 0.3) is 0 Å². The molecule has 1 fully saturated rings. The molecule has 0 spiro atoms. The highest BCUT2D eigenvalue weighted by Gasteiger charge is 2.23. The van der Waals surface area contributed by atoms with Crippen LogP contribution in [0.5, 0.6) is 0 Å². The number of likely N-dealkylation sites (N-methyl/N-ethyl adjacent to an activating group) is 1. The lowest BCUT2D eigenvalue weighted by molar-refractivity contribution is 0.222. The standard InChI is InChI=1S/C15H32N2/c1-6-13-7-9-14(10-8-13)16-15(12(2)3)11-17(4)5/h12-16H,6-11H2,1-5H3. The zero-order valence-corrected chi connectivity index (χ0v) is 12.5. The van der Waals surface area contributed by atoms with Crippen molar-refractivity contribution in [1.29, 1.82) is 0 Å². The first kappa shape index (κ1) is 15.0. The topological polar surface area (TPSA) is 15.3 Å². The molecule has 0 aromatic heterocycles. The van der Waals surface area contributed by atoms with E-state index in [9.17, 15) is 0 Å². The summed E-state index contributed by atoms with van der Waals surface area (Å²) in [6.45, 7) is 8.16. The van der Waals surface area contributed by atoms with Crippen molar-refractivity contribution in [1.82, 2.24) is 10.2 Å². The zero-order chi connectivity index (χ0) is 12.8. The Morgan fingerprint density at radius 1 is 1.12 bits per heavy atom. The first-order chi connectivity index (χ1) is 8.02. The molecule has 1 saturated carbocycles. The predicted octanol–water partition coefficient (Wildman–Crippen LogP) is 3.13. The van der Waals surface area contributed by atoms with E-state index < -0.39 is 0 Å². The van der Waals surface area contributed by atoms with E-state index in [-0.39, 0.29) is 0 Å². The molecular weight excluding hydrogens is 208 g/mol. The summed E-state index contributed by atoms with van der Waals surface area (Å²) in [6, 6.07) is 1.42. The zero-order valence-electron chi connectivity index (χ0n) is 12.5. The molecule has 0 amide bonds. The second kappa shape index (κ2) is 7.38. The number of nitrogens with one attached hydrogen (secondary N) is 1. The molecule has 1 rings (SSSR count). The second-order valence-electron chi connectivity index (χ2n) is 6.41. The molecule has 2 nitrogen and oxygen atoms in total. The Labute approximate surface area is 108 Å². The third-order valence-electron chi connectivity index (χ3n) is 4.24. The summed E-state index contributed by atoms with van der Waals surface area (Å²) in [5.41, 5.74) is 0. The Morgan fingerprint density at radius 3 is 2.12 bits per heavy atom. The fourth-order valence-corrected chi connectivity index (χ4v) is 2.89. The van der Waals surface area contributed by atoms with Crippen LogP contribution in [0.3, 0.4) is 0 Å².